The van der Waals surface area contributed by atoms with E-state index in [9.17, 15) is 13.2 Å². The number of thiophene rings is 1. The molecule has 1 aliphatic heterocycles. The van der Waals surface area contributed by atoms with Gasteiger partial charge in [-0.1, -0.05) is 6.07 Å². The lowest BCUT2D eigenvalue weighted by atomic mass is 10.1. The minimum atomic E-state index is -3.43. The van der Waals surface area contributed by atoms with Crippen LogP contribution < -0.4 is 10.5 Å². The number of nitrogens with zero attached hydrogens (tertiary/aromatic N) is 1. The number of rotatable bonds is 5. The van der Waals surface area contributed by atoms with E-state index in [0.717, 1.165) is 0 Å². The van der Waals surface area contributed by atoms with E-state index in [1.54, 1.807) is 29.3 Å². The van der Waals surface area contributed by atoms with Crippen LogP contribution in [0.3, 0.4) is 0 Å². The normalized spacial score (nSPS) is 17.8. The molecule has 1 fully saturated rings. The van der Waals surface area contributed by atoms with Crippen molar-refractivity contribution in [1.82, 2.24) is 9.62 Å². The summed E-state index contributed by atoms with van der Waals surface area (Å²) in [5.74, 6) is 0.0459. The Morgan fingerprint density at radius 1 is 1.50 bits per heavy atom. The van der Waals surface area contributed by atoms with Crippen molar-refractivity contribution >= 4 is 39.7 Å². The van der Waals surface area contributed by atoms with Crippen LogP contribution in [0.15, 0.2) is 21.7 Å². The Hall–Kier alpha value is -0.670. The summed E-state index contributed by atoms with van der Waals surface area (Å²) in [6.45, 7) is 2.95. The Bertz CT molecular complexity index is 567. The van der Waals surface area contributed by atoms with E-state index in [4.69, 9.17) is 5.73 Å². The molecule has 3 N–H and O–H groups in total. The summed E-state index contributed by atoms with van der Waals surface area (Å²) in [5.41, 5.74) is 5.63. The summed E-state index contributed by atoms with van der Waals surface area (Å²) >= 11 is 1.20. The third-order valence-electron chi connectivity index (χ3n) is 3.43. The van der Waals surface area contributed by atoms with Gasteiger partial charge in [0.2, 0.25) is 15.9 Å². The Morgan fingerprint density at radius 3 is 2.64 bits per heavy atom. The van der Waals surface area contributed by atoms with E-state index in [-0.39, 0.29) is 30.4 Å². The van der Waals surface area contributed by atoms with Crippen molar-refractivity contribution < 1.29 is 13.2 Å². The maximum atomic E-state index is 12.1. The van der Waals surface area contributed by atoms with Crippen LogP contribution >= 0.6 is 23.7 Å². The summed E-state index contributed by atoms with van der Waals surface area (Å²) in [5, 5.41) is 1.74. The number of piperidine rings is 1. The van der Waals surface area contributed by atoms with Crippen LogP contribution in [-0.4, -0.2) is 44.4 Å². The molecule has 0 radical (unpaired) electrons. The molecule has 1 aromatic rings. The van der Waals surface area contributed by atoms with Crippen LogP contribution in [0.1, 0.15) is 26.2 Å². The summed E-state index contributed by atoms with van der Waals surface area (Å²) in [4.78, 5) is 13.7. The average molecular weight is 368 g/mol. The molecule has 0 bridgehead atoms. The third kappa shape index (κ3) is 5.20. The quantitative estimate of drug-likeness (QED) is 0.817. The van der Waals surface area contributed by atoms with Crippen molar-refractivity contribution in [3.05, 3.63) is 17.5 Å². The summed E-state index contributed by atoms with van der Waals surface area (Å²) in [7, 11) is -3.43. The van der Waals surface area contributed by atoms with Crippen molar-refractivity contribution in [3.8, 4) is 0 Å². The van der Waals surface area contributed by atoms with E-state index in [2.05, 4.69) is 4.72 Å². The van der Waals surface area contributed by atoms with Gasteiger partial charge in [-0.15, -0.1) is 23.7 Å². The van der Waals surface area contributed by atoms with Crippen LogP contribution in [0.4, 0.5) is 0 Å². The molecule has 1 amide bonds. The second-order valence-electron chi connectivity index (χ2n) is 5.39. The molecular weight excluding hydrogens is 346 g/mol. The highest BCUT2D eigenvalue weighted by atomic mass is 35.5. The van der Waals surface area contributed by atoms with Gasteiger partial charge in [0.05, 0.1) is 0 Å². The first-order chi connectivity index (χ1) is 9.88. The lowest BCUT2D eigenvalue weighted by Gasteiger charge is -2.32. The highest BCUT2D eigenvalue weighted by Crippen LogP contribution is 2.19. The monoisotopic (exact) mass is 367 g/mol. The number of sulfonamides is 1. The third-order valence-corrected chi connectivity index (χ3v) is 6.34. The molecule has 1 aromatic heterocycles. The van der Waals surface area contributed by atoms with Crippen molar-refractivity contribution in [2.45, 2.75) is 42.5 Å². The minimum Gasteiger partial charge on any atom is -0.343 e. The number of carbonyl (C=O) groups is 1. The first-order valence-corrected chi connectivity index (χ1v) is 9.34. The zero-order valence-corrected chi connectivity index (χ0v) is 14.8. The van der Waals surface area contributed by atoms with Gasteiger partial charge in [0, 0.05) is 31.6 Å². The fourth-order valence-electron chi connectivity index (χ4n) is 2.35. The highest BCUT2D eigenvalue weighted by molar-refractivity contribution is 7.91. The van der Waals surface area contributed by atoms with Crippen LogP contribution in [-0.2, 0) is 14.8 Å². The summed E-state index contributed by atoms with van der Waals surface area (Å²) in [6.07, 6.45) is 1.61. The van der Waals surface area contributed by atoms with Gasteiger partial charge in [-0.05, 0) is 31.2 Å². The SMILES string of the molecule is CC(N)CC(=O)N1CCC(NS(=O)(=O)c2cccs2)CC1.Cl. The minimum absolute atomic E-state index is 0. The second kappa shape index (κ2) is 8.26. The van der Waals surface area contributed by atoms with Gasteiger partial charge in [-0.25, -0.2) is 13.1 Å². The fourth-order valence-corrected chi connectivity index (χ4v) is 4.66. The molecular formula is C13H22ClN3O3S2. The number of halogens is 1. The first-order valence-electron chi connectivity index (χ1n) is 6.97. The number of hydrogen-bond acceptors (Lipinski definition) is 5. The van der Waals surface area contributed by atoms with Crippen LogP contribution in [0, 0.1) is 0 Å². The number of likely N-dealkylation sites (tertiary alicyclic amines) is 1. The van der Waals surface area contributed by atoms with Crippen LogP contribution in [0.2, 0.25) is 0 Å². The summed E-state index contributed by atoms with van der Waals surface area (Å²) < 4.78 is 27.3. The Balaban J connectivity index is 0.00000242. The smallest absolute Gasteiger partial charge is 0.250 e. The molecule has 9 heteroatoms. The lowest BCUT2D eigenvalue weighted by Crippen LogP contribution is -2.47. The van der Waals surface area contributed by atoms with Crippen molar-refractivity contribution in [1.29, 1.82) is 0 Å². The van der Waals surface area contributed by atoms with Gasteiger partial charge >= 0.3 is 0 Å². The van der Waals surface area contributed by atoms with Crippen LogP contribution in [0.5, 0.6) is 0 Å². The summed E-state index contributed by atoms with van der Waals surface area (Å²) in [6, 6.07) is 3.05. The molecule has 0 saturated carbocycles. The molecule has 1 saturated heterocycles. The average Bonchev–Trinajstić information content (AvgIpc) is 2.93. The number of carbonyl (C=O) groups excluding carboxylic acids is 1. The Kier molecular flexibility index (Phi) is 7.27. The zero-order valence-electron chi connectivity index (χ0n) is 12.4. The number of hydrogen-bond donors (Lipinski definition) is 2. The van der Waals surface area contributed by atoms with Gasteiger partial charge < -0.3 is 10.6 Å². The van der Waals surface area contributed by atoms with Gasteiger partial charge in [0.15, 0.2) is 0 Å². The fraction of sp³-hybridized carbons (Fsp3) is 0.615. The Labute approximate surface area is 141 Å². The molecule has 22 heavy (non-hydrogen) atoms. The molecule has 6 nitrogen and oxygen atoms in total. The van der Waals surface area contributed by atoms with E-state index < -0.39 is 10.0 Å². The second-order valence-corrected chi connectivity index (χ2v) is 8.28. The van der Waals surface area contributed by atoms with Crippen molar-refractivity contribution in [2.75, 3.05) is 13.1 Å². The highest BCUT2D eigenvalue weighted by Gasteiger charge is 2.27. The van der Waals surface area contributed by atoms with E-state index in [0.29, 0.717) is 36.6 Å². The first kappa shape index (κ1) is 19.4. The van der Waals surface area contributed by atoms with E-state index >= 15 is 0 Å². The predicted octanol–water partition coefficient (Wildman–Crippen LogP) is 1.18. The molecule has 1 unspecified atom stereocenters. The van der Waals surface area contributed by atoms with Gasteiger partial charge in [0.1, 0.15) is 4.21 Å². The van der Waals surface area contributed by atoms with Gasteiger partial charge in [-0.2, -0.15) is 0 Å². The topological polar surface area (TPSA) is 92.5 Å². The molecule has 0 aromatic carbocycles. The number of amides is 1. The van der Waals surface area contributed by atoms with Gasteiger partial charge in [-0.3, -0.25) is 4.79 Å². The van der Waals surface area contributed by atoms with Crippen LogP contribution in [0.25, 0.3) is 0 Å². The molecule has 1 aliphatic rings. The standard InChI is InChI=1S/C13H21N3O3S2.ClH/c1-10(14)9-12(17)16-6-4-11(5-7-16)15-21(18,19)13-3-2-8-20-13;/h2-3,8,10-11,15H,4-7,9,14H2,1H3;1H. The van der Waals surface area contributed by atoms with Crippen molar-refractivity contribution in [3.63, 3.8) is 0 Å². The molecule has 2 heterocycles. The van der Waals surface area contributed by atoms with E-state index in [1.807, 2.05) is 0 Å². The van der Waals surface area contributed by atoms with E-state index in [1.165, 1.54) is 11.3 Å². The maximum Gasteiger partial charge on any atom is 0.250 e. The molecule has 2 rings (SSSR count). The molecule has 0 aliphatic carbocycles. The number of nitrogens with one attached hydrogen (secondary N) is 1. The number of nitrogens with two attached hydrogens (primary N) is 1. The van der Waals surface area contributed by atoms with Gasteiger partial charge in [0.25, 0.3) is 0 Å². The molecule has 1 atom stereocenters. The Morgan fingerprint density at radius 2 is 2.14 bits per heavy atom. The van der Waals surface area contributed by atoms with Crippen molar-refractivity contribution in [2.24, 2.45) is 5.73 Å². The predicted molar refractivity (Wildman–Crippen MR) is 89.8 cm³/mol. The lowest BCUT2D eigenvalue weighted by molar-refractivity contribution is -0.132. The largest absolute Gasteiger partial charge is 0.343 e. The zero-order chi connectivity index (χ0) is 15.5. The maximum absolute atomic E-state index is 12.1. The molecule has 126 valence electrons. The molecule has 0 spiro atoms.